The lowest BCUT2D eigenvalue weighted by Crippen LogP contribution is -2.67. The van der Waals surface area contributed by atoms with Crippen molar-refractivity contribution in [2.75, 3.05) is 72.7 Å². The van der Waals surface area contributed by atoms with E-state index in [9.17, 15) is 172 Å². The molecule has 1 aliphatic carbocycles. The Labute approximate surface area is 797 Å². The first-order valence-corrected chi connectivity index (χ1v) is 45.9. The molecular formula is C82H138N2O56. The molecule has 58 heteroatoms. The highest BCUT2D eigenvalue weighted by Gasteiger charge is 2.64. The Morgan fingerprint density at radius 2 is 0.807 bits per heavy atom. The molecule has 56 unspecified atom stereocenters. The summed E-state index contributed by atoms with van der Waals surface area (Å²) in [5, 5.41) is 341. The number of aldehydes is 1. The Kier molecular flexibility index (Phi) is 41.6. The van der Waals surface area contributed by atoms with E-state index in [1.807, 2.05) is 0 Å². The van der Waals surface area contributed by atoms with Gasteiger partial charge in [0.05, 0.1) is 140 Å². The number of aliphatic hydroxyl groups is 30. The summed E-state index contributed by atoms with van der Waals surface area (Å²) in [4.78, 5) is 47.4. The van der Waals surface area contributed by atoms with Crippen LogP contribution in [0.5, 0.6) is 0 Å². The molecule has 57 atom stereocenters. The van der Waals surface area contributed by atoms with Gasteiger partial charge in [0.1, 0.15) is 190 Å². The molecule has 58 nitrogen and oxygen atoms in total. The predicted molar refractivity (Wildman–Crippen MR) is 438 cm³/mol. The number of rotatable bonds is 43. The van der Waals surface area contributed by atoms with Crippen molar-refractivity contribution in [3.05, 3.63) is 0 Å². The van der Waals surface area contributed by atoms with Crippen molar-refractivity contribution >= 4 is 25.1 Å². The largest absolute Gasteiger partial charge is 0.410 e. The maximum Gasteiger partial charge on any atom is 0.334 e. The Balaban J connectivity index is 0.840. The van der Waals surface area contributed by atoms with Gasteiger partial charge in [-0.15, -0.1) is 0 Å². The van der Waals surface area contributed by atoms with Gasteiger partial charge in [-0.1, -0.05) is 41.5 Å². The predicted octanol–water partition coefficient (Wildman–Crippen LogP) is -19.2. The SMILES string of the molecule is CC1C(N[C@H](C=O)CC(N)=O)OC(CO)C(OC2OC(CO)C(OC3OC(COC4OC(CO)C(O)C(O)C4OC4OC(CO)C(OC5OC(COC6(OC=O)CC(O)C(C)C(O)(C(O)CO)O6)C(O)C(O)C5O)C(O)C4C)C(O)C(OC4CC(CO)C(O)C(O)C4OC4OC(CO)C(OC5OC(COC6(OC=O)CC(O)C(C)C(C(O)C(O)CO)O6)C(O)C(O)C5O)C(O)C4C)C3O)C(O)C2C)C1O. The van der Waals surface area contributed by atoms with E-state index in [2.05, 4.69) is 5.32 Å². The van der Waals surface area contributed by atoms with Crippen molar-refractivity contribution < 1.29 is 277 Å². The monoisotopic (exact) mass is 2050 g/mol. The standard InChI is InChI=1S/C82H138N2O56/c1-25-33(96)9-80(122-23-94,139-64(25)52(106)35(98)13-87)120-21-43-54(108)57(111)61(115)76(131-43)135-67-39(16-90)127-73(27(3)48(67)102)133-65-36(7-31(11-85)51(105)59(65)113)124-70-56(110)42(130-78(63(70)117)137-69-41(18-92)128-74(28(4)49(69)103)134-66-38(15-89)125-72(26(2)47(66)101)84-32(12-86)8-46(83)100)20-119-79-71(60(114)53(107)37(14-88)126-79)138-75-29(5)50(104)68(40(17-91)129-75)136-77-62(116)58(112)55(109)44(132-77)22-121-81(123-24-95)10-34(97)30(6)82(118,140-81)45(99)19-93/h12,23-45,47-79,84-85,87-93,96-99,101-118H,7-11,13-22H2,1-6H3,(H2,83,100)/t25?,26?,27?,28?,29?,30?,31?,32-,33?,34?,35?,36?,37?,38?,39?,40?,41?,42?,43?,44?,45?,47?,48?,49?,50?,51?,52?,53?,54?,55?,56?,57?,58?,59?,60?,61?,62?,63?,64?,65?,66?,67?,68?,69?,70?,71?,72?,73?,74?,75?,76?,77?,78?,79?,80?,81?,82?/m0/s1. The van der Waals surface area contributed by atoms with Gasteiger partial charge in [0, 0.05) is 54.5 Å². The molecule has 0 bridgehead atoms. The molecule has 11 fully saturated rings. The molecule has 11 rings (SSSR count). The van der Waals surface area contributed by atoms with Crippen LogP contribution >= 0.6 is 0 Å². The second-order valence-corrected chi connectivity index (χ2v) is 37.4. The lowest BCUT2D eigenvalue weighted by Gasteiger charge is -2.51. The molecule has 0 aromatic carbocycles. The van der Waals surface area contributed by atoms with Gasteiger partial charge in [0.25, 0.3) is 12.9 Å². The minimum absolute atomic E-state index is 0.168. The van der Waals surface area contributed by atoms with Gasteiger partial charge in [-0.05, 0) is 6.42 Å². The number of carbonyl (C=O) groups is 4. The summed E-state index contributed by atoms with van der Waals surface area (Å²) in [7, 11) is 0. The fourth-order valence-corrected chi connectivity index (χ4v) is 19.1. The minimum Gasteiger partial charge on any atom is -0.410 e. The Bertz CT molecular complexity index is 3800. The number of amides is 1. The zero-order valence-corrected chi connectivity index (χ0v) is 76.6. The molecule has 0 aromatic rings. The van der Waals surface area contributed by atoms with Gasteiger partial charge in [-0.3, -0.25) is 24.4 Å². The Morgan fingerprint density at radius 1 is 0.400 bits per heavy atom. The maximum absolute atomic E-state index is 12.8. The van der Waals surface area contributed by atoms with E-state index >= 15 is 0 Å². The smallest absolute Gasteiger partial charge is 0.334 e. The van der Waals surface area contributed by atoms with E-state index in [-0.39, 0.29) is 12.9 Å². The summed E-state index contributed by atoms with van der Waals surface area (Å²) in [5.74, 6) is -18.2. The molecule has 0 aromatic heterocycles. The third kappa shape index (κ3) is 25.0. The third-order valence-corrected chi connectivity index (χ3v) is 28.1. The normalized spacial score (nSPS) is 49.7. The van der Waals surface area contributed by atoms with Crippen LogP contribution in [0.4, 0.5) is 0 Å². The number of nitrogens with one attached hydrogen (secondary N) is 1. The Hall–Kier alpha value is -3.96. The van der Waals surface area contributed by atoms with Crippen LogP contribution in [0.2, 0.25) is 0 Å². The van der Waals surface area contributed by atoms with Gasteiger partial charge >= 0.3 is 11.9 Å². The number of aliphatic hydroxyl groups excluding tert-OH is 29. The van der Waals surface area contributed by atoms with Crippen molar-refractivity contribution in [3.63, 3.8) is 0 Å². The van der Waals surface area contributed by atoms with Gasteiger partial charge in [0.15, 0.2) is 44.0 Å². The molecule has 33 N–H and O–H groups in total. The lowest BCUT2D eigenvalue weighted by molar-refractivity contribution is -0.483. The summed E-state index contributed by atoms with van der Waals surface area (Å²) in [6.07, 6.45) is -91.7. The molecule has 10 aliphatic heterocycles. The van der Waals surface area contributed by atoms with Crippen LogP contribution in [0.25, 0.3) is 0 Å². The molecule has 1 amide bonds. The van der Waals surface area contributed by atoms with Crippen molar-refractivity contribution in [1.82, 2.24) is 5.32 Å². The number of nitrogens with two attached hydrogens (primary N) is 1. The summed E-state index contributed by atoms with van der Waals surface area (Å²) in [6.45, 7) is -3.98. The molecule has 10 saturated heterocycles. The summed E-state index contributed by atoms with van der Waals surface area (Å²) in [6, 6.07) is -1.21. The molecule has 11 aliphatic rings. The molecule has 0 radical (unpaired) electrons. The molecule has 10 heterocycles. The fourth-order valence-electron chi connectivity index (χ4n) is 19.1. The zero-order chi connectivity index (χ0) is 103. The average Bonchev–Trinajstić information content (AvgIpc) is 0.749. The van der Waals surface area contributed by atoms with Crippen LogP contribution in [0.1, 0.15) is 67.2 Å². The van der Waals surface area contributed by atoms with Crippen molar-refractivity contribution in [1.29, 1.82) is 0 Å². The average molecular weight is 2050 g/mol. The highest BCUT2D eigenvalue weighted by atomic mass is 16.9. The summed E-state index contributed by atoms with van der Waals surface area (Å²) in [5.41, 5.74) is 5.32. The number of hydrogen-bond donors (Lipinski definition) is 32. The first-order valence-electron chi connectivity index (χ1n) is 45.9. The fraction of sp³-hybridized carbons (Fsp3) is 0.951. The van der Waals surface area contributed by atoms with E-state index in [4.69, 9.17) is 110 Å². The molecule has 812 valence electrons. The zero-order valence-electron chi connectivity index (χ0n) is 76.6. The minimum atomic E-state index is -2.87. The van der Waals surface area contributed by atoms with Crippen LogP contribution in [0.3, 0.4) is 0 Å². The second-order valence-electron chi connectivity index (χ2n) is 37.4. The summed E-state index contributed by atoms with van der Waals surface area (Å²) < 4.78 is 131. The van der Waals surface area contributed by atoms with E-state index in [0.29, 0.717) is 6.29 Å². The third-order valence-electron chi connectivity index (χ3n) is 28.1. The second kappa shape index (κ2) is 50.1. The highest BCUT2D eigenvalue weighted by molar-refractivity contribution is 5.78. The number of hydrogen-bond acceptors (Lipinski definition) is 57. The maximum atomic E-state index is 12.8. The number of carbonyl (C=O) groups excluding carboxylic acids is 4. The van der Waals surface area contributed by atoms with Crippen molar-refractivity contribution in [2.24, 2.45) is 47.2 Å². The van der Waals surface area contributed by atoms with Gasteiger partial charge in [0.2, 0.25) is 11.7 Å². The first kappa shape index (κ1) is 116. The quantitative estimate of drug-likeness (QED) is 0.0199. The Morgan fingerprint density at radius 3 is 1.26 bits per heavy atom. The van der Waals surface area contributed by atoms with Crippen LogP contribution in [-0.4, -0.2) is 557 Å². The topological polar surface area (TPSA) is 916 Å². The van der Waals surface area contributed by atoms with E-state index in [0.717, 1.165) is 0 Å². The van der Waals surface area contributed by atoms with E-state index < -0.39 is 452 Å². The van der Waals surface area contributed by atoms with Gasteiger partial charge in [-0.25, -0.2) is 0 Å². The lowest BCUT2D eigenvalue weighted by atomic mass is 9.80. The first-order chi connectivity index (χ1) is 66.2. The molecule has 0 spiro atoms. The van der Waals surface area contributed by atoms with Gasteiger partial charge in [-0.2, -0.15) is 0 Å². The molecule has 140 heavy (non-hydrogen) atoms. The molecule has 1 saturated carbocycles. The van der Waals surface area contributed by atoms with Crippen molar-refractivity contribution in [3.8, 4) is 0 Å². The molecular weight excluding hydrogens is 1910 g/mol. The highest BCUT2D eigenvalue weighted by Crippen LogP contribution is 2.47. The van der Waals surface area contributed by atoms with Crippen LogP contribution < -0.4 is 11.1 Å². The number of ether oxygens (including phenoxy) is 22. The van der Waals surface area contributed by atoms with E-state index in [1.165, 1.54) is 41.5 Å². The van der Waals surface area contributed by atoms with Crippen molar-refractivity contribution in [2.45, 2.75) is 373 Å². The number of primary amides is 1. The van der Waals surface area contributed by atoms with E-state index in [1.54, 1.807) is 0 Å². The van der Waals surface area contributed by atoms with Crippen LogP contribution in [0.15, 0.2) is 0 Å². The van der Waals surface area contributed by atoms with Gasteiger partial charge < -0.3 is 263 Å². The summed E-state index contributed by atoms with van der Waals surface area (Å²) >= 11 is 0. The van der Waals surface area contributed by atoms with Crippen LogP contribution in [0, 0.1) is 41.4 Å². The van der Waals surface area contributed by atoms with Crippen LogP contribution in [-0.2, 0) is 123 Å².